The molecule has 1 aromatic carbocycles. The van der Waals surface area contributed by atoms with Crippen molar-refractivity contribution in [1.82, 2.24) is 15.1 Å². The second-order valence-corrected chi connectivity index (χ2v) is 4.38. The van der Waals surface area contributed by atoms with Crippen molar-refractivity contribution in [3.05, 3.63) is 47.5 Å². The van der Waals surface area contributed by atoms with Gasteiger partial charge >= 0.3 is 0 Å². The van der Waals surface area contributed by atoms with Crippen LogP contribution in [0.25, 0.3) is 0 Å². The van der Waals surface area contributed by atoms with Crippen LogP contribution in [0.5, 0.6) is 5.75 Å². The van der Waals surface area contributed by atoms with Gasteiger partial charge < -0.3 is 10.1 Å². The minimum Gasteiger partial charge on any atom is -0.494 e. The highest BCUT2D eigenvalue weighted by Gasteiger charge is 2.07. The number of benzene rings is 1. The van der Waals surface area contributed by atoms with Crippen molar-refractivity contribution in [2.75, 3.05) is 13.7 Å². The van der Waals surface area contributed by atoms with Crippen molar-refractivity contribution in [3.63, 3.8) is 0 Å². The highest BCUT2D eigenvalue weighted by Crippen LogP contribution is 2.19. The summed E-state index contributed by atoms with van der Waals surface area (Å²) >= 11 is 0. The zero-order chi connectivity index (χ0) is 13.7. The van der Waals surface area contributed by atoms with Crippen LogP contribution in [0.2, 0.25) is 0 Å². The molecule has 0 aliphatic heterocycles. The standard InChI is InChI=1S/C14H18FN3O/c1-18-10-11(8-17-18)6-7-16-9-12-4-3-5-13(19-2)14(12)15/h3-5,8,10,16H,6-7,9H2,1-2H3. The van der Waals surface area contributed by atoms with Gasteiger partial charge in [0.05, 0.1) is 13.3 Å². The van der Waals surface area contributed by atoms with Gasteiger partial charge in [0, 0.05) is 25.4 Å². The molecule has 0 amide bonds. The Kier molecular flexibility index (Phi) is 4.52. The molecule has 0 saturated heterocycles. The van der Waals surface area contributed by atoms with E-state index < -0.39 is 0 Å². The Labute approximate surface area is 112 Å². The predicted octanol–water partition coefficient (Wildman–Crippen LogP) is 1.90. The zero-order valence-electron chi connectivity index (χ0n) is 11.2. The third-order valence-corrected chi connectivity index (χ3v) is 2.93. The lowest BCUT2D eigenvalue weighted by molar-refractivity contribution is 0.383. The summed E-state index contributed by atoms with van der Waals surface area (Å²) in [7, 11) is 3.36. The molecule has 1 heterocycles. The van der Waals surface area contributed by atoms with Crippen molar-refractivity contribution in [2.45, 2.75) is 13.0 Å². The Morgan fingerprint density at radius 1 is 1.42 bits per heavy atom. The van der Waals surface area contributed by atoms with Crippen molar-refractivity contribution >= 4 is 0 Å². The van der Waals surface area contributed by atoms with Gasteiger partial charge in [-0.05, 0) is 24.6 Å². The molecule has 0 saturated carbocycles. The molecule has 19 heavy (non-hydrogen) atoms. The third kappa shape index (κ3) is 3.54. The largest absolute Gasteiger partial charge is 0.494 e. The maximum absolute atomic E-state index is 13.8. The van der Waals surface area contributed by atoms with E-state index in [1.54, 1.807) is 22.9 Å². The van der Waals surface area contributed by atoms with Crippen LogP contribution < -0.4 is 10.1 Å². The lowest BCUT2D eigenvalue weighted by atomic mass is 10.2. The van der Waals surface area contributed by atoms with Gasteiger partial charge in [-0.3, -0.25) is 4.68 Å². The van der Waals surface area contributed by atoms with Gasteiger partial charge in [0.1, 0.15) is 0 Å². The van der Waals surface area contributed by atoms with Crippen LogP contribution in [0.4, 0.5) is 4.39 Å². The average molecular weight is 263 g/mol. The Morgan fingerprint density at radius 3 is 2.95 bits per heavy atom. The summed E-state index contributed by atoms with van der Waals surface area (Å²) < 4.78 is 20.6. The van der Waals surface area contributed by atoms with Gasteiger partial charge in [-0.25, -0.2) is 4.39 Å². The lowest BCUT2D eigenvalue weighted by Crippen LogP contribution is -2.17. The number of hydrogen-bond acceptors (Lipinski definition) is 3. The van der Waals surface area contributed by atoms with Gasteiger partial charge in [-0.2, -0.15) is 5.10 Å². The van der Waals surface area contributed by atoms with E-state index in [1.165, 1.54) is 12.7 Å². The number of aromatic nitrogens is 2. The molecule has 0 fully saturated rings. The second-order valence-electron chi connectivity index (χ2n) is 4.38. The normalized spacial score (nSPS) is 10.7. The first-order chi connectivity index (χ1) is 9.20. The first-order valence-electron chi connectivity index (χ1n) is 6.20. The fraction of sp³-hybridized carbons (Fsp3) is 0.357. The number of hydrogen-bond donors (Lipinski definition) is 1. The molecule has 0 spiro atoms. The van der Waals surface area contributed by atoms with E-state index in [4.69, 9.17) is 4.74 Å². The van der Waals surface area contributed by atoms with Crippen LogP contribution in [-0.2, 0) is 20.0 Å². The molecular weight excluding hydrogens is 245 g/mol. The van der Waals surface area contributed by atoms with Crippen LogP contribution in [0.15, 0.2) is 30.6 Å². The Balaban J connectivity index is 1.82. The minimum absolute atomic E-state index is 0.284. The molecular formula is C14H18FN3O. The van der Waals surface area contributed by atoms with Gasteiger partial charge in [-0.1, -0.05) is 12.1 Å². The summed E-state index contributed by atoms with van der Waals surface area (Å²) in [6.45, 7) is 1.27. The van der Waals surface area contributed by atoms with Crippen molar-refractivity contribution in [1.29, 1.82) is 0 Å². The third-order valence-electron chi connectivity index (χ3n) is 2.93. The number of nitrogens with one attached hydrogen (secondary N) is 1. The SMILES string of the molecule is COc1cccc(CNCCc2cnn(C)c2)c1F. The molecule has 0 atom stereocenters. The highest BCUT2D eigenvalue weighted by molar-refractivity contribution is 5.30. The number of aryl methyl sites for hydroxylation is 1. The quantitative estimate of drug-likeness (QED) is 0.809. The Bertz CT molecular complexity index is 539. The predicted molar refractivity (Wildman–Crippen MR) is 71.6 cm³/mol. The number of ether oxygens (including phenoxy) is 1. The minimum atomic E-state index is -0.293. The molecule has 1 aromatic heterocycles. The van der Waals surface area contributed by atoms with Crippen LogP contribution in [0, 0.1) is 5.82 Å². The van der Waals surface area contributed by atoms with Crippen molar-refractivity contribution in [3.8, 4) is 5.75 Å². The highest BCUT2D eigenvalue weighted by atomic mass is 19.1. The first kappa shape index (κ1) is 13.5. The molecule has 2 rings (SSSR count). The molecule has 0 unspecified atom stereocenters. The van der Waals surface area contributed by atoms with Crippen LogP contribution >= 0.6 is 0 Å². The van der Waals surface area contributed by atoms with Gasteiger partial charge in [0.2, 0.25) is 0 Å². The van der Waals surface area contributed by atoms with Crippen LogP contribution in [0.3, 0.4) is 0 Å². The number of methoxy groups -OCH3 is 1. The van der Waals surface area contributed by atoms with E-state index in [0.29, 0.717) is 12.1 Å². The van der Waals surface area contributed by atoms with Crippen LogP contribution in [0.1, 0.15) is 11.1 Å². The van der Waals surface area contributed by atoms with E-state index in [0.717, 1.165) is 13.0 Å². The summed E-state index contributed by atoms with van der Waals surface area (Å²) in [5.41, 5.74) is 1.78. The van der Waals surface area contributed by atoms with Crippen molar-refractivity contribution in [2.24, 2.45) is 7.05 Å². The lowest BCUT2D eigenvalue weighted by Gasteiger charge is -2.08. The smallest absolute Gasteiger partial charge is 0.169 e. The van der Waals surface area contributed by atoms with Crippen LogP contribution in [-0.4, -0.2) is 23.4 Å². The van der Waals surface area contributed by atoms with Gasteiger partial charge in [0.25, 0.3) is 0 Å². The molecule has 0 aliphatic carbocycles. The van der Waals surface area contributed by atoms with Crippen molar-refractivity contribution < 1.29 is 9.13 Å². The summed E-state index contributed by atoms with van der Waals surface area (Å²) in [4.78, 5) is 0. The molecule has 0 aliphatic rings. The molecule has 4 nitrogen and oxygen atoms in total. The molecule has 5 heteroatoms. The van der Waals surface area contributed by atoms with E-state index in [9.17, 15) is 4.39 Å². The van der Waals surface area contributed by atoms with E-state index in [-0.39, 0.29) is 11.6 Å². The number of halogens is 1. The number of rotatable bonds is 6. The van der Waals surface area contributed by atoms with E-state index in [2.05, 4.69) is 10.4 Å². The van der Waals surface area contributed by atoms with E-state index in [1.807, 2.05) is 19.4 Å². The molecule has 1 N–H and O–H groups in total. The van der Waals surface area contributed by atoms with Gasteiger partial charge in [-0.15, -0.1) is 0 Å². The average Bonchev–Trinajstić information content (AvgIpc) is 2.82. The molecule has 0 bridgehead atoms. The summed E-state index contributed by atoms with van der Waals surface area (Å²) in [5, 5.41) is 7.32. The Morgan fingerprint density at radius 2 is 2.26 bits per heavy atom. The number of nitrogens with zero attached hydrogens (tertiary/aromatic N) is 2. The Hall–Kier alpha value is -1.88. The van der Waals surface area contributed by atoms with E-state index >= 15 is 0 Å². The summed E-state index contributed by atoms with van der Waals surface area (Å²) in [5.74, 6) is -0.00885. The summed E-state index contributed by atoms with van der Waals surface area (Å²) in [6, 6.07) is 5.17. The maximum Gasteiger partial charge on any atom is 0.169 e. The maximum atomic E-state index is 13.8. The topological polar surface area (TPSA) is 39.1 Å². The molecule has 102 valence electrons. The molecule has 2 aromatic rings. The fourth-order valence-corrected chi connectivity index (χ4v) is 1.91. The van der Waals surface area contributed by atoms with Gasteiger partial charge in [0.15, 0.2) is 11.6 Å². The monoisotopic (exact) mass is 263 g/mol. The fourth-order valence-electron chi connectivity index (χ4n) is 1.91. The summed E-state index contributed by atoms with van der Waals surface area (Å²) in [6.07, 6.45) is 4.70. The zero-order valence-corrected chi connectivity index (χ0v) is 11.2. The molecule has 0 radical (unpaired) electrons. The first-order valence-corrected chi connectivity index (χ1v) is 6.20. The second kappa shape index (κ2) is 6.33.